The number of rotatable bonds is 5. The molecule has 2 saturated carbocycles. The van der Waals surface area contributed by atoms with E-state index in [0.29, 0.717) is 5.56 Å². The van der Waals surface area contributed by atoms with Gasteiger partial charge in [0.05, 0.1) is 6.10 Å². The third-order valence-electron chi connectivity index (χ3n) is 6.34. The van der Waals surface area contributed by atoms with Gasteiger partial charge in [-0.2, -0.15) is 0 Å². The molecule has 3 rings (SSSR count). The first-order chi connectivity index (χ1) is 13.0. The van der Waals surface area contributed by atoms with Crippen LogP contribution in [0.1, 0.15) is 76.7 Å². The number of hydrogen-bond acceptors (Lipinski definition) is 1. The lowest BCUT2D eigenvalue weighted by Gasteiger charge is -2.30. The van der Waals surface area contributed by atoms with E-state index in [1.165, 1.54) is 63.5 Å². The first kappa shape index (κ1) is 22.3. The fraction of sp³-hybridized carbons (Fsp3) is 0.739. The summed E-state index contributed by atoms with van der Waals surface area (Å²) >= 11 is 0. The maximum absolute atomic E-state index is 12.3. The minimum atomic E-state index is -0.602. The standard InChI is InChI=1S/C16H29FO.C7H6F2/c1-13-2-4-14(5-3-13)6-7-15-8-10-16(11-9-15)18-12-17;1-5-2-3-6(8)4-7(5)9/h13-16H,2-12H2,1H3;2-4H,1H3. The maximum atomic E-state index is 12.3. The van der Waals surface area contributed by atoms with Crippen LogP contribution in [0, 0.1) is 36.3 Å². The van der Waals surface area contributed by atoms with E-state index in [2.05, 4.69) is 6.92 Å². The van der Waals surface area contributed by atoms with Crippen molar-refractivity contribution < 1.29 is 17.9 Å². The fourth-order valence-electron chi connectivity index (χ4n) is 4.33. The minimum absolute atomic E-state index is 0.210. The summed E-state index contributed by atoms with van der Waals surface area (Å²) in [6, 6.07) is 3.51. The first-order valence-electron chi connectivity index (χ1n) is 10.6. The van der Waals surface area contributed by atoms with E-state index in [0.717, 1.165) is 36.7 Å². The van der Waals surface area contributed by atoms with Gasteiger partial charge >= 0.3 is 0 Å². The van der Waals surface area contributed by atoms with Gasteiger partial charge in [-0.15, -0.1) is 0 Å². The highest BCUT2D eigenvalue weighted by Gasteiger charge is 2.23. The maximum Gasteiger partial charge on any atom is 0.188 e. The summed E-state index contributed by atoms with van der Waals surface area (Å²) in [4.78, 5) is 0. The highest BCUT2D eigenvalue weighted by Crippen LogP contribution is 2.35. The zero-order valence-electron chi connectivity index (χ0n) is 16.9. The van der Waals surface area contributed by atoms with Gasteiger partial charge in [0.25, 0.3) is 0 Å². The van der Waals surface area contributed by atoms with Gasteiger partial charge in [0, 0.05) is 6.07 Å². The Bertz CT molecular complexity index is 532. The van der Waals surface area contributed by atoms with E-state index in [4.69, 9.17) is 4.74 Å². The monoisotopic (exact) mass is 384 g/mol. The predicted octanol–water partition coefficient (Wildman–Crippen LogP) is 7.37. The van der Waals surface area contributed by atoms with Crippen molar-refractivity contribution in [2.45, 2.75) is 84.2 Å². The second kappa shape index (κ2) is 11.7. The summed E-state index contributed by atoms with van der Waals surface area (Å²) in [7, 11) is 0. The molecule has 1 aromatic carbocycles. The Balaban J connectivity index is 0.000000244. The Morgan fingerprint density at radius 3 is 1.93 bits per heavy atom. The molecule has 0 spiro atoms. The minimum Gasteiger partial charge on any atom is -0.347 e. The van der Waals surface area contributed by atoms with Gasteiger partial charge in [-0.3, -0.25) is 0 Å². The number of ether oxygens (including phenoxy) is 1. The number of aryl methyl sites for hydroxylation is 1. The highest BCUT2D eigenvalue weighted by atomic mass is 19.1. The molecule has 0 N–H and O–H groups in total. The van der Waals surface area contributed by atoms with Gasteiger partial charge < -0.3 is 4.74 Å². The molecule has 1 aromatic rings. The lowest BCUT2D eigenvalue weighted by atomic mass is 9.77. The smallest absolute Gasteiger partial charge is 0.188 e. The molecule has 0 amide bonds. The normalized spacial score (nSPS) is 28.3. The summed E-state index contributed by atoms with van der Waals surface area (Å²) in [6.07, 6.45) is 13.5. The fourth-order valence-corrected chi connectivity index (χ4v) is 4.33. The number of halogens is 3. The van der Waals surface area contributed by atoms with Crippen LogP contribution in [0.2, 0.25) is 0 Å². The molecule has 1 nitrogen and oxygen atoms in total. The van der Waals surface area contributed by atoms with E-state index in [1.807, 2.05) is 0 Å². The molecule has 0 bridgehead atoms. The topological polar surface area (TPSA) is 9.23 Å². The molecule has 0 heterocycles. The molecule has 0 aromatic heterocycles. The van der Waals surface area contributed by atoms with E-state index < -0.39 is 18.5 Å². The zero-order chi connectivity index (χ0) is 19.6. The Morgan fingerprint density at radius 2 is 1.44 bits per heavy atom. The van der Waals surface area contributed by atoms with Crippen LogP contribution in [0.15, 0.2) is 18.2 Å². The van der Waals surface area contributed by atoms with Crippen LogP contribution in [-0.2, 0) is 4.74 Å². The van der Waals surface area contributed by atoms with Crippen LogP contribution < -0.4 is 0 Å². The van der Waals surface area contributed by atoms with Crippen molar-refractivity contribution in [3.63, 3.8) is 0 Å². The third kappa shape index (κ3) is 8.25. The van der Waals surface area contributed by atoms with E-state index in [-0.39, 0.29) is 6.10 Å². The molecule has 0 unspecified atom stereocenters. The second-order valence-corrected chi connectivity index (χ2v) is 8.52. The molecule has 27 heavy (non-hydrogen) atoms. The van der Waals surface area contributed by atoms with Gasteiger partial charge in [0.1, 0.15) is 11.6 Å². The van der Waals surface area contributed by atoms with Crippen LogP contribution >= 0.6 is 0 Å². The summed E-state index contributed by atoms with van der Waals surface area (Å²) in [5.74, 6) is 1.84. The predicted molar refractivity (Wildman–Crippen MR) is 104 cm³/mol. The lowest BCUT2D eigenvalue weighted by molar-refractivity contribution is -0.0294. The first-order valence-corrected chi connectivity index (χ1v) is 10.6. The van der Waals surface area contributed by atoms with Crippen molar-refractivity contribution in [1.29, 1.82) is 0 Å². The van der Waals surface area contributed by atoms with Crippen molar-refractivity contribution >= 4 is 0 Å². The Morgan fingerprint density at radius 1 is 0.889 bits per heavy atom. The lowest BCUT2D eigenvalue weighted by Crippen LogP contribution is -2.22. The van der Waals surface area contributed by atoms with Crippen molar-refractivity contribution in [3.05, 3.63) is 35.4 Å². The molecule has 154 valence electrons. The average molecular weight is 385 g/mol. The van der Waals surface area contributed by atoms with Crippen molar-refractivity contribution in [2.75, 3.05) is 6.86 Å². The third-order valence-corrected chi connectivity index (χ3v) is 6.34. The quantitative estimate of drug-likeness (QED) is 0.515. The molecule has 0 aliphatic heterocycles. The second-order valence-electron chi connectivity index (χ2n) is 8.52. The molecule has 2 fully saturated rings. The largest absolute Gasteiger partial charge is 0.347 e. The molecule has 0 atom stereocenters. The Labute approximate surface area is 162 Å². The number of alkyl halides is 1. The molecule has 2 aliphatic carbocycles. The van der Waals surface area contributed by atoms with Gasteiger partial charge in [-0.1, -0.05) is 51.5 Å². The van der Waals surface area contributed by atoms with Crippen LogP contribution in [-0.4, -0.2) is 13.0 Å². The van der Waals surface area contributed by atoms with Crippen LogP contribution in [0.4, 0.5) is 13.2 Å². The Hall–Kier alpha value is -1.03. The van der Waals surface area contributed by atoms with Gasteiger partial charge in [-0.05, 0) is 62.0 Å². The molecule has 4 heteroatoms. The number of hydrogen-bond donors (Lipinski definition) is 0. The van der Waals surface area contributed by atoms with Gasteiger partial charge in [-0.25, -0.2) is 13.2 Å². The van der Waals surface area contributed by atoms with Crippen LogP contribution in [0.5, 0.6) is 0 Å². The summed E-state index contributed by atoms with van der Waals surface area (Å²) < 4.78 is 41.6. The molecule has 0 saturated heterocycles. The van der Waals surface area contributed by atoms with Gasteiger partial charge in [0.15, 0.2) is 6.86 Å². The van der Waals surface area contributed by atoms with Crippen molar-refractivity contribution in [3.8, 4) is 0 Å². The Kier molecular flexibility index (Phi) is 9.67. The van der Waals surface area contributed by atoms with Crippen LogP contribution in [0.25, 0.3) is 0 Å². The molecule has 2 aliphatic rings. The van der Waals surface area contributed by atoms with Crippen molar-refractivity contribution in [1.82, 2.24) is 0 Å². The molecular weight excluding hydrogens is 349 g/mol. The molecule has 0 radical (unpaired) electrons. The SMILES string of the molecule is CC1CCC(CCC2CCC(OCF)CC2)CC1.Cc1ccc(F)cc1F. The summed E-state index contributed by atoms with van der Waals surface area (Å²) in [6.45, 7) is 3.38. The number of benzene rings is 1. The van der Waals surface area contributed by atoms with E-state index >= 15 is 0 Å². The average Bonchev–Trinajstić information content (AvgIpc) is 2.66. The van der Waals surface area contributed by atoms with E-state index in [1.54, 1.807) is 6.92 Å². The zero-order valence-corrected chi connectivity index (χ0v) is 16.9. The summed E-state index contributed by atoms with van der Waals surface area (Å²) in [5, 5.41) is 0. The highest BCUT2D eigenvalue weighted by molar-refractivity contribution is 5.16. The van der Waals surface area contributed by atoms with Crippen LogP contribution in [0.3, 0.4) is 0 Å². The van der Waals surface area contributed by atoms with Crippen molar-refractivity contribution in [2.24, 2.45) is 17.8 Å². The van der Waals surface area contributed by atoms with Gasteiger partial charge in [0.2, 0.25) is 0 Å². The summed E-state index contributed by atoms with van der Waals surface area (Å²) in [5.41, 5.74) is 0.469. The van der Waals surface area contributed by atoms with E-state index in [9.17, 15) is 13.2 Å². The molecular formula is C23H35F3O.